The normalized spacial score (nSPS) is 11.2. The minimum atomic E-state index is -0.390. The van der Waals surface area contributed by atoms with Gasteiger partial charge in [0.15, 0.2) is 5.39 Å². The summed E-state index contributed by atoms with van der Waals surface area (Å²) < 4.78 is 17.9. The van der Waals surface area contributed by atoms with E-state index in [1.165, 1.54) is 7.11 Å². The van der Waals surface area contributed by atoms with Gasteiger partial charge < -0.3 is 13.9 Å². The van der Waals surface area contributed by atoms with Gasteiger partial charge in [-0.15, -0.1) is 0 Å². The lowest BCUT2D eigenvalue weighted by molar-refractivity contribution is 0.414. The molecule has 7 heteroatoms. The average molecular weight is 420 g/mol. The van der Waals surface area contributed by atoms with Crippen molar-refractivity contribution < 1.29 is 13.9 Å². The number of hydrogen-bond acceptors (Lipinski definition) is 6. The fourth-order valence-electron chi connectivity index (χ4n) is 3.63. The molecular formula is C24H24N2O5. The minimum Gasteiger partial charge on any atom is -0.497 e. The summed E-state index contributed by atoms with van der Waals surface area (Å²) in [5.41, 5.74) is 0.312. The van der Waals surface area contributed by atoms with E-state index in [2.05, 4.69) is 11.9 Å². The lowest BCUT2D eigenvalue weighted by Crippen LogP contribution is -2.27. The van der Waals surface area contributed by atoms with Crippen LogP contribution in [-0.2, 0) is 6.54 Å². The Kier molecular flexibility index (Phi) is 5.75. The van der Waals surface area contributed by atoms with Crippen LogP contribution in [0.25, 0.3) is 33.5 Å². The van der Waals surface area contributed by atoms with Crippen molar-refractivity contribution in [1.29, 1.82) is 0 Å². The second-order valence-corrected chi connectivity index (χ2v) is 7.30. The summed E-state index contributed by atoms with van der Waals surface area (Å²) >= 11 is 0. The number of nitrogens with zero attached hydrogens (tertiary/aromatic N) is 2. The van der Waals surface area contributed by atoms with E-state index in [4.69, 9.17) is 13.9 Å². The summed E-state index contributed by atoms with van der Waals surface area (Å²) in [7, 11) is 3.13. The number of aromatic nitrogens is 2. The van der Waals surface area contributed by atoms with Crippen molar-refractivity contribution in [2.45, 2.75) is 32.7 Å². The van der Waals surface area contributed by atoms with Gasteiger partial charge in [0.05, 0.1) is 19.6 Å². The molecular weight excluding hydrogens is 396 g/mol. The van der Waals surface area contributed by atoms with E-state index in [1.54, 1.807) is 29.9 Å². The zero-order chi connectivity index (χ0) is 22.0. The molecule has 0 bridgehead atoms. The molecule has 0 N–H and O–H groups in total. The summed E-state index contributed by atoms with van der Waals surface area (Å²) in [4.78, 5) is 31.2. The van der Waals surface area contributed by atoms with Crippen LogP contribution in [-0.4, -0.2) is 23.8 Å². The van der Waals surface area contributed by atoms with Crippen LogP contribution in [0.1, 0.15) is 26.2 Å². The monoisotopic (exact) mass is 420 g/mol. The topological polar surface area (TPSA) is 83.6 Å². The fraction of sp³-hybridized carbons (Fsp3) is 0.292. The summed E-state index contributed by atoms with van der Waals surface area (Å²) in [6.07, 6.45) is 2.80. The van der Waals surface area contributed by atoms with Gasteiger partial charge >= 0.3 is 0 Å². The molecule has 0 aliphatic rings. The molecule has 0 saturated heterocycles. The highest BCUT2D eigenvalue weighted by molar-refractivity contribution is 5.89. The maximum atomic E-state index is 13.4. The first-order valence-corrected chi connectivity index (χ1v) is 10.3. The number of rotatable bonds is 7. The summed E-state index contributed by atoms with van der Waals surface area (Å²) in [5.74, 6) is 1.72. The van der Waals surface area contributed by atoms with Gasteiger partial charge in [-0.1, -0.05) is 19.8 Å². The van der Waals surface area contributed by atoms with E-state index in [9.17, 15) is 9.59 Å². The lowest BCUT2D eigenvalue weighted by atomic mass is 10.1. The number of ether oxygens (including phenoxy) is 2. The van der Waals surface area contributed by atoms with Gasteiger partial charge in [0.1, 0.15) is 22.9 Å². The van der Waals surface area contributed by atoms with Gasteiger partial charge in [-0.3, -0.25) is 14.2 Å². The Balaban J connectivity index is 2.01. The third-order valence-electron chi connectivity index (χ3n) is 5.34. The zero-order valence-electron chi connectivity index (χ0n) is 17.8. The van der Waals surface area contributed by atoms with Crippen LogP contribution in [0.2, 0.25) is 0 Å². The predicted octanol–water partition coefficient (Wildman–Crippen LogP) is 4.38. The van der Waals surface area contributed by atoms with E-state index < -0.39 is 5.56 Å². The second kappa shape index (κ2) is 8.63. The standard InChI is InChI=1S/C24H24N2O5/c1-4-5-6-13-26-22(15-7-9-16(29-2)10-8-15)25-23-20(24(26)28)21(27)18-12-11-17(30-3)14-19(18)31-23/h7-12,14H,4-6,13H2,1-3H3. The SMILES string of the molecule is CCCCCn1c(-c2ccc(OC)cc2)nc2oc3cc(OC)ccc3c(=O)c2c1=O. The number of unbranched alkanes of at least 4 members (excludes halogenated alkanes) is 2. The lowest BCUT2D eigenvalue weighted by Gasteiger charge is -2.14. The number of hydrogen-bond donors (Lipinski definition) is 0. The van der Waals surface area contributed by atoms with Crippen molar-refractivity contribution in [2.75, 3.05) is 14.2 Å². The smallest absolute Gasteiger partial charge is 0.269 e. The van der Waals surface area contributed by atoms with Gasteiger partial charge in [0, 0.05) is 18.2 Å². The highest BCUT2D eigenvalue weighted by Gasteiger charge is 2.19. The van der Waals surface area contributed by atoms with Crippen molar-refractivity contribution in [3.8, 4) is 22.9 Å². The summed E-state index contributed by atoms with van der Waals surface area (Å²) in [5, 5.41) is 0.288. The van der Waals surface area contributed by atoms with Gasteiger partial charge in [-0.05, 0) is 42.8 Å². The van der Waals surface area contributed by atoms with Crippen LogP contribution >= 0.6 is 0 Å². The van der Waals surface area contributed by atoms with Gasteiger partial charge in [0.25, 0.3) is 5.56 Å². The molecule has 31 heavy (non-hydrogen) atoms. The minimum absolute atomic E-state index is 0.0216. The first kappa shape index (κ1) is 20.7. The van der Waals surface area contributed by atoms with Crippen molar-refractivity contribution in [2.24, 2.45) is 0 Å². The van der Waals surface area contributed by atoms with Gasteiger partial charge in [-0.2, -0.15) is 4.98 Å². The molecule has 2 aromatic heterocycles. The maximum Gasteiger partial charge on any atom is 0.269 e. The van der Waals surface area contributed by atoms with Crippen molar-refractivity contribution in [3.05, 3.63) is 63.0 Å². The van der Waals surface area contributed by atoms with Crippen LogP contribution in [0.15, 0.2) is 56.5 Å². The molecule has 160 valence electrons. The Morgan fingerprint density at radius 1 is 0.968 bits per heavy atom. The van der Waals surface area contributed by atoms with Crippen LogP contribution in [0.5, 0.6) is 11.5 Å². The maximum absolute atomic E-state index is 13.4. The first-order valence-electron chi connectivity index (χ1n) is 10.3. The second-order valence-electron chi connectivity index (χ2n) is 7.30. The van der Waals surface area contributed by atoms with Crippen LogP contribution in [0.3, 0.4) is 0 Å². The molecule has 0 unspecified atom stereocenters. The number of fused-ring (bicyclic) bond motifs is 2. The quantitative estimate of drug-likeness (QED) is 0.326. The Morgan fingerprint density at radius 2 is 1.68 bits per heavy atom. The molecule has 4 aromatic rings. The van der Waals surface area contributed by atoms with Gasteiger partial charge in [0.2, 0.25) is 11.1 Å². The molecule has 0 radical (unpaired) electrons. The average Bonchev–Trinajstić information content (AvgIpc) is 2.80. The molecule has 0 fully saturated rings. The molecule has 0 saturated carbocycles. The Hall–Kier alpha value is -3.61. The third-order valence-corrected chi connectivity index (χ3v) is 5.34. The zero-order valence-corrected chi connectivity index (χ0v) is 17.8. The fourth-order valence-corrected chi connectivity index (χ4v) is 3.63. The van der Waals surface area contributed by atoms with E-state index in [1.807, 2.05) is 24.3 Å². The van der Waals surface area contributed by atoms with Crippen molar-refractivity contribution in [1.82, 2.24) is 9.55 Å². The predicted molar refractivity (Wildman–Crippen MR) is 120 cm³/mol. The Bertz CT molecular complexity index is 1350. The van der Waals surface area contributed by atoms with Crippen molar-refractivity contribution >= 4 is 22.1 Å². The molecule has 0 aliphatic carbocycles. The highest BCUT2D eigenvalue weighted by atomic mass is 16.5. The molecule has 0 atom stereocenters. The van der Waals surface area contributed by atoms with Crippen molar-refractivity contribution in [3.63, 3.8) is 0 Å². The van der Waals surface area contributed by atoms with Gasteiger partial charge in [-0.25, -0.2) is 0 Å². The molecule has 7 nitrogen and oxygen atoms in total. The molecule has 4 rings (SSSR count). The highest BCUT2D eigenvalue weighted by Crippen LogP contribution is 2.25. The summed E-state index contributed by atoms with van der Waals surface area (Å²) in [6, 6.07) is 12.2. The number of benzene rings is 2. The number of methoxy groups -OCH3 is 2. The largest absolute Gasteiger partial charge is 0.497 e. The third kappa shape index (κ3) is 3.79. The summed E-state index contributed by atoms with van der Waals surface area (Å²) in [6.45, 7) is 2.57. The molecule has 0 amide bonds. The van der Waals surface area contributed by atoms with Crippen LogP contribution in [0.4, 0.5) is 0 Å². The molecule has 0 aliphatic heterocycles. The Morgan fingerprint density at radius 3 is 2.35 bits per heavy atom. The van der Waals surface area contributed by atoms with E-state index in [-0.39, 0.29) is 16.5 Å². The first-order chi connectivity index (χ1) is 15.1. The van der Waals surface area contributed by atoms with E-state index in [0.29, 0.717) is 34.8 Å². The van der Waals surface area contributed by atoms with Crippen LogP contribution in [0, 0.1) is 0 Å². The Labute approximate surface area is 178 Å². The van der Waals surface area contributed by atoms with E-state index in [0.717, 1.165) is 24.8 Å². The molecule has 2 heterocycles. The van der Waals surface area contributed by atoms with Crippen LogP contribution < -0.4 is 20.5 Å². The van der Waals surface area contributed by atoms with E-state index >= 15 is 0 Å². The molecule has 2 aromatic carbocycles. The molecule has 0 spiro atoms.